The van der Waals surface area contributed by atoms with Crippen LogP contribution in [0.25, 0.3) is 22.2 Å². The third kappa shape index (κ3) is 8.57. The molecule has 0 saturated carbocycles. The number of piperidine rings is 1. The van der Waals surface area contributed by atoms with E-state index < -0.39 is 40.5 Å². The largest absolute Gasteiger partial charge is 0.497 e. The van der Waals surface area contributed by atoms with Crippen LogP contribution in [0.4, 0.5) is 33.6 Å². The molecule has 8 rings (SSSR count). The number of ether oxygens (including phenoxy) is 3. The molecule has 0 unspecified atom stereocenters. The number of rotatable bonds is 12. The van der Waals surface area contributed by atoms with Crippen LogP contribution < -0.4 is 24.0 Å². The Hall–Kier alpha value is -5.46. The summed E-state index contributed by atoms with van der Waals surface area (Å²) in [5.74, 6) is 0.400. The molecule has 3 aliphatic rings. The molecule has 320 valence electrons. The van der Waals surface area contributed by atoms with Crippen molar-refractivity contribution >= 4 is 34.1 Å². The first-order valence-corrected chi connectivity index (χ1v) is 20.6. The molecule has 2 atom stereocenters. The van der Waals surface area contributed by atoms with Crippen LogP contribution in [0.3, 0.4) is 0 Å². The number of halogens is 6. The van der Waals surface area contributed by atoms with Gasteiger partial charge in [-0.15, -0.1) is 0 Å². The summed E-state index contributed by atoms with van der Waals surface area (Å²) in [4.78, 5) is 19.6. The number of alkyl halides is 4. The molecule has 0 spiro atoms. The number of aromatic nitrogens is 3. The van der Waals surface area contributed by atoms with Gasteiger partial charge < -0.3 is 24.0 Å². The van der Waals surface area contributed by atoms with E-state index >= 15 is 17.6 Å². The Morgan fingerprint density at radius 3 is 2.16 bits per heavy atom. The summed E-state index contributed by atoms with van der Waals surface area (Å²) in [6, 6.07) is 19.4. The third-order valence-electron chi connectivity index (χ3n) is 12.2. The van der Waals surface area contributed by atoms with E-state index in [0.29, 0.717) is 50.4 Å². The molecule has 5 heterocycles. The summed E-state index contributed by atoms with van der Waals surface area (Å²) < 4.78 is 94.7. The van der Waals surface area contributed by atoms with Crippen LogP contribution in [0.2, 0.25) is 5.02 Å². The lowest BCUT2D eigenvalue weighted by Crippen LogP contribution is -2.43. The Morgan fingerprint density at radius 1 is 0.934 bits per heavy atom. The highest BCUT2D eigenvalue weighted by molar-refractivity contribution is 6.34. The summed E-state index contributed by atoms with van der Waals surface area (Å²) in [7, 11) is 3.11. The number of fused-ring (bicyclic) bond motifs is 2. The van der Waals surface area contributed by atoms with Crippen molar-refractivity contribution in [2.75, 3.05) is 56.8 Å². The molecular formula is C45H45ClF5N7O3. The van der Waals surface area contributed by atoms with Crippen molar-refractivity contribution in [3.8, 4) is 34.8 Å². The molecule has 10 nitrogen and oxygen atoms in total. The summed E-state index contributed by atoms with van der Waals surface area (Å²) in [6.07, 6.45) is -3.07. The zero-order valence-corrected chi connectivity index (χ0v) is 34.8. The van der Waals surface area contributed by atoms with Crippen LogP contribution >= 0.6 is 11.6 Å². The van der Waals surface area contributed by atoms with Gasteiger partial charge in [0.25, 0.3) is 0 Å². The number of aryl methyl sites for hydroxylation is 1. The van der Waals surface area contributed by atoms with Crippen molar-refractivity contribution in [2.45, 2.75) is 70.0 Å². The number of hydrogen-bond donors (Lipinski definition) is 0. The Kier molecular flexibility index (Phi) is 11.9. The second kappa shape index (κ2) is 17.1. The first-order valence-electron chi connectivity index (χ1n) is 20.3. The van der Waals surface area contributed by atoms with Gasteiger partial charge in [-0.05, 0) is 92.2 Å². The average molecular weight is 862 g/mol. The molecule has 0 N–H and O–H groups in total. The molecule has 3 aromatic carbocycles. The van der Waals surface area contributed by atoms with Gasteiger partial charge in [0, 0.05) is 50.4 Å². The minimum atomic E-state index is -4.95. The van der Waals surface area contributed by atoms with E-state index in [9.17, 15) is 9.65 Å². The average Bonchev–Trinajstić information content (AvgIpc) is 3.78. The predicted octanol–water partition coefficient (Wildman–Crippen LogP) is 9.73. The fourth-order valence-corrected chi connectivity index (χ4v) is 9.31. The van der Waals surface area contributed by atoms with E-state index in [-0.39, 0.29) is 71.2 Å². The molecule has 0 amide bonds. The van der Waals surface area contributed by atoms with Crippen LogP contribution in [0.1, 0.15) is 54.4 Å². The maximum atomic E-state index is 17.5. The number of nitrogens with zero attached hydrogens (tertiary/aromatic N) is 7. The number of hydrogen-bond acceptors (Lipinski definition) is 10. The maximum absolute atomic E-state index is 17.5. The molecule has 2 aromatic heterocycles. The highest BCUT2D eigenvalue weighted by Crippen LogP contribution is 2.46. The maximum Gasteiger partial charge on any atom is 0.418 e. The molecule has 3 fully saturated rings. The molecule has 61 heavy (non-hydrogen) atoms. The number of nitriles is 1. The summed E-state index contributed by atoms with van der Waals surface area (Å²) in [5, 5.41) is 9.42. The van der Waals surface area contributed by atoms with E-state index in [1.165, 1.54) is 19.1 Å². The van der Waals surface area contributed by atoms with Crippen molar-refractivity contribution in [2.24, 2.45) is 5.92 Å². The first kappa shape index (κ1) is 42.2. The zero-order valence-electron chi connectivity index (χ0n) is 34.0. The van der Waals surface area contributed by atoms with Crippen molar-refractivity contribution in [1.82, 2.24) is 19.9 Å². The molecule has 0 aliphatic carbocycles. The fraction of sp³-hybridized carbons (Fsp3) is 0.422. The van der Waals surface area contributed by atoms with Gasteiger partial charge in [-0.25, -0.2) is 13.8 Å². The first-order chi connectivity index (χ1) is 29.3. The Bertz CT molecular complexity index is 2390. The van der Waals surface area contributed by atoms with Gasteiger partial charge in [-0.3, -0.25) is 4.90 Å². The van der Waals surface area contributed by atoms with Gasteiger partial charge in [-0.2, -0.15) is 28.4 Å². The van der Waals surface area contributed by atoms with Gasteiger partial charge in [0.05, 0.1) is 47.7 Å². The van der Waals surface area contributed by atoms with E-state index in [1.54, 1.807) is 43.4 Å². The van der Waals surface area contributed by atoms with Gasteiger partial charge in [-0.1, -0.05) is 35.9 Å². The monoisotopic (exact) mass is 861 g/mol. The number of pyridine rings is 1. The van der Waals surface area contributed by atoms with Crippen molar-refractivity contribution in [1.29, 1.82) is 5.26 Å². The quantitative estimate of drug-likeness (QED) is 0.113. The van der Waals surface area contributed by atoms with Crippen LogP contribution in [-0.4, -0.2) is 78.6 Å². The second-order valence-electron chi connectivity index (χ2n) is 16.1. The SMILES string of the molecule is COc1ccc(CN(Cc2ccc(OC)cc2)c2cc(C)c(C(F)(F)F)c(-c3c(Cl)cc4c(N5CCC(C#N)CC5)nc(OC[C@@]56CCCN5C[C@H](F)C6)nc4c3F)n2)cc1. The topological polar surface area (TPSA) is 99.9 Å². The molecular weight excluding hydrogens is 817 g/mol. The van der Waals surface area contributed by atoms with Crippen LogP contribution in [0.15, 0.2) is 60.7 Å². The van der Waals surface area contributed by atoms with Crippen LogP contribution in [0, 0.1) is 30.0 Å². The lowest BCUT2D eigenvalue weighted by Gasteiger charge is -2.32. The van der Waals surface area contributed by atoms with E-state index in [1.807, 2.05) is 29.2 Å². The van der Waals surface area contributed by atoms with Gasteiger partial charge in [0.1, 0.15) is 41.4 Å². The molecule has 0 bridgehead atoms. The van der Waals surface area contributed by atoms with Crippen molar-refractivity contribution < 1.29 is 36.2 Å². The smallest absolute Gasteiger partial charge is 0.418 e. The number of benzene rings is 3. The molecule has 3 aliphatic heterocycles. The number of anilines is 2. The van der Waals surface area contributed by atoms with E-state index in [0.717, 1.165) is 24.1 Å². The number of methoxy groups -OCH3 is 2. The van der Waals surface area contributed by atoms with Crippen LogP contribution in [-0.2, 0) is 19.3 Å². The van der Waals surface area contributed by atoms with Gasteiger partial charge in [0.15, 0.2) is 5.82 Å². The Labute approximate surface area is 355 Å². The van der Waals surface area contributed by atoms with E-state index in [2.05, 4.69) is 20.9 Å². The minimum absolute atomic E-state index is 0.0518. The van der Waals surface area contributed by atoms with Gasteiger partial charge >= 0.3 is 12.2 Å². The summed E-state index contributed by atoms with van der Waals surface area (Å²) in [6.45, 7) is 3.65. The van der Waals surface area contributed by atoms with E-state index in [4.69, 9.17) is 30.8 Å². The fourth-order valence-electron chi connectivity index (χ4n) is 9.03. The lowest BCUT2D eigenvalue weighted by molar-refractivity contribution is -0.137. The predicted molar refractivity (Wildman–Crippen MR) is 222 cm³/mol. The molecule has 0 radical (unpaired) electrons. The molecule has 3 saturated heterocycles. The minimum Gasteiger partial charge on any atom is -0.497 e. The standard InChI is InChI=1S/C45H45ClF5N7O3/c1-27-19-36(57(23-29-5-9-32(59-2)10-6-29)24-30-7-11-33(60-3)12-8-30)53-41(38(27)45(49,50)51)37-35(46)20-34-40(39(37)48)54-43(55-42(34)56-17-13-28(22-52)14-18-56)61-26-44-15-4-16-58(44)25-31(47)21-44/h5-12,19-20,28,31H,4,13-18,21,23-26H2,1-3H3/t31-,44+/m1/s1. The normalized spacial score (nSPS) is 19.5. The highest BCUT2D eigenvalue weighted by Gasteiger charge is 2.49. The van der Waals surface area contributed by atoms with Crippen LogP contribution in [0.5, 0.6) is 17.5 Å². The van der Waals surface area contributed by atoms with Crippen molar-refractivity contribution in [3.63, 3.8) is 0 Å². The third-order valence-corrected chi connectivity index (χ3v) is 12.5. The molecule has 5 aromatic rings. The Balaban J connectivity index is 1.26. The second-order valence-corrected chi connectivity index (χ2v) is 16.5. The summed E-state index contributed by atoms with van der Waals surface area (Å²) >= 11 is 6.91. The lowest BCUT2D eigenvalue weighted by atomic mass is 9.95. The zero-order chi connectivity index (χ0) is 43.1. The highest BCUT2D eigenvalue weighted by atomic mass is 35.5. The Morgan fingerprint density at radius 2 is 1.57 bits per heavy atom. The van der Waals surface area contributed by atoms with Gasteiger partial charge in [0.2, 0.25) is 0 Å². The summed E-state index contributed by atoms with van der Waals surface area (Å²) in [5.41, 5.74) is -1.83. The van der Waals surface area contributed by atoms with Crippen molar-refractivity contribution in [3.05, 3.63) is 93.8 Å². The molecule has 16 heteroatoms.